The molecule has 1 N–H and O–H groups in total. The van der Waals surface area contributed by atoms with Crippen molar-refractivity contribution < 1.29 is 18.4 Å². The number of nitrogens with one attached hydrogen (secondary N) is 1. The summed E-state index contributed by atoms with van der Waals surface area (Å²) in [6, 6.07) is 15.6. The van der Waals surface area contributed by atoms with Crippen molar-refractivity contribution in [2.45, 2.75) is 20.1 Å². The summed E-state index contributed by atoms with van der Waals surface area (Å²) in [5.41, 5.74) is 1.18. The lowest BCUT2D eigenvalue weighted by Gasteiger charge is -2.28. The molecule has 31 heavy (non-hydrogen) atoms. The minimum absolute atomic E-state index is 0.0355. The van der Waals surface area contributed by atoms with Gasteiger partial charge in [0.1, 0.15) is 11.3 Å². The number of benzene rings is 2. The van der Waals surface area contributed by atoms with Gasteiger partial charge < -0.3 is 18.9 Å². The first-order valence-electron chi connectivity index (χ1n) is 9.67. The van der Waals surface area contributed by atoms with Gasteiger partial charge in [-0.3, -0.25) is 4.79 Å². The number of hydrogen-bond acceptors (Lipinski definition) is 6. The molecule has 1 atom stereocenters. The van der Waals surface area contributed by atoms with Crippen molar-refractivity contribution >= 4 is 16.9 Å². The Hall–Kier alpha value is -4.13. The molecule has 0 saturated heterocycles. The zero-order valence-corrected chi connectivity index (χ0v) is 16.7. The van der Waals surface area contributed by atoms with Gasteiger partial charge >= 0.3 is 11.3 Å². The third kappa shape index (κ3) is 3.20. The lowest BCUT2D eigenvalue weighted by molar-refractivity contribution is -0.121. The van der Waals surface area contributed by atoms with Gasteiger partial charge in [-0.2, -0.15) is 0 Å². The molecular weight excluding hydrogens is 398 g/mol. The summed E-state index contributed by atoms with van der Waals surface area (Å²) < 4.78 is 17.0. The van der Waals surface area contributed by atoms with Crippen LogP contribution in [0.2, 0.25) is 0 Å². The molecule has 7 nitrogen and oxygen atoms in total. The average Bonchev–Trinajstić information content (AvgIpc) is 2.73. The normalized spacial score (nSPS) is 14.5. The van der Waals surface area contributed by atoms with E-state index in [0.717, 1.165) is 5.56 Å². The minimum atomic E-state index is -0.877. The van der Waals surface area contributed by atoms with Crippen LogP contribution in [0.5, 0.6) is 5.75 Å². The van der Waals surface area contributed by atoms with Crippen LogP contribution in [0.1, 0.15) is 24.3 Å². The van der Waals surface area contributed by atoms with E-state index < -0.39 is 17.5 Å². The largest absolute Gasteiger partial charge is 0.465 e. The van der Waals surface area contributed by atoms with Gasteiger partial charge in [0.2, 0.25) is 12.1 Å². The first-order chi connectivity index (χ1) is 14.9. The van der Waals surface area contributed by atoms with E-state index in [2.05, 4.69) is 5.32 Å². The third-order valence-corrected chi connectivity index (χ3v) is 5.15. The van der Waals surface area contributed by atoms with Gasteiger partial charge in [0, 0.05) is 12.3 Å². The fourth-order valence-electron chi connectivity index (χ4n) is 3.74. The molecule has 154 valence electrons. The minimum Gasteiger partial charge on any atom is -0.465 e. The Morgan fingerprint density at radius 2 is 1.65 bits per heavy atom. The number of para-hydroxylation sites is 1. The van der Waals surface area contributed by atoms with Gasteiger partial charge in [-0.1, -0.05) is 29.8 Å². The summed E-state index contributed by atoms with van der Waals surface area (Å²) in [5.74, 6) is 0.463. The maximum absolute atomic E-state index is 12.9. The Balaban J connectivity index is 1.76. The van der Waals surface area contributed by atoms with Crippen LogP contribution >= 0.6 is 0 Å². The Bertz CT molecular complexity index is 1480. The second-order valence-corrected chi connectivity index (χ2v) is 7.42. The number of aryl methyl sites for hydroxylation is 1. The molecule has 0 bridgehead atoms. The van der Waals surface area contributed by atoms with Crippen LogP contribution in [-0.2, 0) is 4.79 Å². The molecular formula is C24H17NO6. The van der Waals surface area contributed by atoms with E-state index in [4.69, 9.17) is 13.6 Å². The number of amides is 1. The standard InChI is InChI=1S/C24H17NO6/c1-12-7-8-20-17(9-12)21-18(22(29-20)25-13(2)26)11-16(24(28)31-21)15-10-14-5-3-4-6-19(14)30-23(15)27/h3-11,22H,1-2H3,(H,25,26). The lowest BCUT2D eigenvalue weighted by Crippen LogP contribution is -2.33. The Morgan fingerprint density at radius 1 is 0.903 bits per heavy atom. The molecule has 0 radical (unpaired) electrons. The van der Waals surface area contributed by atoms with Crippen LogP contribution in [0.3, 0.4) is 0 Å². The van der Waals surface area contributed by atoms with Crippen molar-refractivity contribution in [2.24, 2.45) is 0 Å². The first kappa shape index (κ1) is 18.9. The van der Waals surface area contributed by atoms with E-state index in [9.17, 15) is 14.4 Å². The van der Waals surface area contributed by atoms with Crippen molar-refractivity contribution in [3.8, 4) is 28.2 Å². The van der Waals surface area contributed by atoms with Crippen molar-refractivity contribution in [1.29, 1.82) is 0 Å². The number of carbonyl (C=O) groups is 1. The molecule has 0 aliphatic carbocycles. The zero-order chi connectivity index (χ0) is 21.7. The number of rotatable bonds is 2. The average molecular weight is 415 g/mol. The highest BCUT2D eigenvalue weighted by Crippen LogP contribution is 2.42. The summed E-state index contributed by atoms with van der Waals surface area (Å²) in [4.78, 5) is 37.3. The summed E-state index contributed by atoms with van der Waals surface area (Å²) >= 11 is 0. The maximum Gasteiger partial charge on any atom is 0.344 e. The quantitative estimate of drug-likeness (QED) is 0.499. The molecule has 1 amide bonds. The van der Waals surface area contributed by atoms with Gasteiger partial charge in [-0.05, 0) is 37.3 Å². The summed E-state index contributed by atoms with van der Waals surface area (Å²) in [5, 5.41) is 3.38. The fourth-order valence-corrected chi connectivity index (χ4v) is 3.74. The SMILES string of the molecule is CC(=O)NC1Oc2ccc(C)cc2-c2oc(=O)c(-c3cc4ccccc4oc3=O)cc21. The van der Waals surface area contributed by atoms with Crippen molar-refractivity contribution in [2.75, 3.05) is 0 Å². The van der Waals surface area contributed by atoms with Gasteiger partial charge in [0.15, 0.2) is 5.76 Å². The number of carbonyl (C=O) groups excluding carboxylic acids is 1. The highest BCUT2D eigenvalue weighted by atomic mass is 16.5. The Morgan fingerprint density at radius 3 is 2.45 bits per heavy atom. The van der Waals surface area contributed by atoms with E-state index >= 15 is 0 Å². The van der Waals surface area contributed by atoms with Crippen molar-refractivity contribution in [3.63, 3.8) is 0 Å². The molecule has 0 saturated carbocycles. The molecule has 7 heteroatoms. The molecule has 4 aromatic rings. The highest BCUT2D eigenvalue weighted by Gasteiger charge is 2.31. The van der Waals surface area contributed by atoms with Crippen LogP contribution < -0.4 is 21.3 Å². The van der Waals surface area contributed by atoms with Gasteiger partial charge in [-0.15, -0.1) is 0 Å². The van der Waals surface area contributed by atoms with Gasteiger partial charge in [-0.25, -0.2) is 9.59 Å². The van der Waals surface area contributed by atoms with E-state index in [1.54, 1.807) is 36.4 Å². The maximum atomic E-state index is 12.9. The Labute approximate surface area is 175 Å². The smallest absolute Gasteiger partial charge is 0.344 e. The zero-order valence-electron chi connectivity index (χ0n) is 16.7. The Kier molecular flexibility index (Phi) is 4.25. The van der Waals surface area contributed by atoms with Crippen LogP contribution in [0, 0.1) is 6.92 Å². The van der Waals surface area contributed by atoms with Crippen LogP contribution in [0.15, 0.2) is 73.0 Å². The highest BCUT2D eigenvalue weighted by molar-refractivity contribution is 5.82. The first-order valence-corrected chi connectivity index (χ1v) is 9.67. The molecule has 2 aromatic carbocycles. The summed E-state index contributed by atoms with van der Waals surface area (Å²) in [6.07, 6.45) is -0.877. The molecule has 3 heterocycles. The van der Waals surface area contributed by atoms with Gasteiger partial charge in [0.25, 0.3) is 0 Å². The second-order valence-electron chi connectivity index (χ2n) is 7.42. The predicted octanol–water partition coefficient (Wildman–Crippen LogP) is 3.92. The number of ether oxygens (including phenoxy) is 1. The van der Waals surface area contributed by atoms with Crippen molar-refractivity contribution in [3.05, 3.63) is 86.6 Å². The fraction of sp³-hybridized carbons (Fsp3) is 0.125. The van der Waals surface area contributed by atoms with E-state index in [1.807, 2.05) is 19.1 Å². The molecule has 1 unspecified atom stereocenters. The second kappa shape index (κ2) is 6.98. The predicted molar refractivity (Wildman–Crippen MR) is 114 cm³/mol. The molecule has 1 aliphatic rings. The lowest BCUT2D eigenvalue weighted by atomic mass is 9.97. The number of fused-ring (bicyclic) bond motifs is 4. The van der Waals surface area contributed by atoms with Crippen LogP contribution in [0.25, 0.3) is 33.4 Å². The number of hydrogen-bond donors (Lipinski definition) is 1. The van der Waals surface area contributed by atoms with Crippen LogP contribution in [0.4, 0.5) is 0 Å². The van der Waals surface area contributed by atoms with Crippen LogP contribution in [-0.4, -0.2) is 5.91 Å². The summed E-state index contributed by atoms with van der Waals surface area (Å²) in [6.45, 7) is 3.28. The summed E-state index contributed by atoms with van der Waals surface area (Å²) in [7, 11) is 0. The molecule has 0 spiro atoms. The molecule has 0 fully saturated rings. The third-order valence-electron chi connectivity index (χ3n) is 5.15. The monoisotopic (exact) mass is 415 g/mol. The van der Waals surface area contributed by atoms with Crippen molar-refractivity contribution in [1.82, 2.24) is 5.32 Å². The molecule has 1 aliphatic heterocycles. The van der Waals surface area contributed by atoms with Gasteiger partial charge in [0.05, 0.1) is 22.3 Å². The molecule has 5 rings (SSSR count). The van der Waals surface area contributed by atoms with E-state index in [0.29, 0.717) is 33.6 Å². The van der Waals surface area contributed by atoms with E-state index in [1.165, 1.54) is 13.0 Å². The topological polar surface area (TPSA) is 98.8 Å². The van der Waals surface area contributed by atoms with E-state index in [-0.39, 0.29) is 17.0 Å². The molecule has 2 aromatic heterocycles.